The Bertz CT molecular complexity index is 2660. The van der Waals surface area contributed by atoms with Gasteiger partial charge >= 0.3 is 6.03 Å². The molecule has 4 aromatic rings. The molecule has 0 bridgehead atoms. The van der Waals surface area contributed by atoms with E-state index in [-0.39, 0.29) is 40.4 Å². The largest absolute Gasteiger partial charge is 0.505 e. The molecule has 4 aromatic carbocycles. The summed E-state index contributed by atoms with van der Waals surface area (Å²) in [6.07, 6.45) is 0. The molecule has 1 heterocycles. The molecule has 298 valence electrons. The molecule has 0 aromatic heterocycles. The van der Waals surface area contributed by atoms with Crippen LogP contribution < -0.4 is 10.6 Å². The van der Waals surface area contributed by atoms with Gasteiger partial charge in [-0.1, -0.05) is 5.04 Å². The number of carbonyl (C=O) groups is 3. The lowest BCUT2D eigenvalue weighted by Gasteiger charge is -2.16. The number of nitro groups is 1. The van der Waals surface area contributed by atoms with Crippen LogP contribution in [0.3, 0.4) is 0 Å². The number of non-ortho nitro benzene ring substituents is 1. The summed E-state index contributed by atoms with van der Waals surface area (Å²) < 4.78 is 77.7. The molecule has 0 aliphatic carbocycles. The molecule has 0 radical (unpaired) electrons. The van der Waals surface area contributed by atoms with Gasteiger partial charge in [-0.3, -0.25) is 39.4 Å². The third kappa shape index (κ3) is 9.47. The number of fused-ring (bicyclic) bond motifs is 1. The Morgan fingerprint density at radius 2 is 1.35 bits per heavy atom. The van der Waals surface area contributed by atoms with Crippen LogP contribution in [0, 0.1) is 10.1 Å². The molecule has 27 nitrogen and oxygen atoms in total. The van der Waals surface area contributed by atoms with E-state index in [1.54, 1.807) is 10.6 Å². The number of hydrogen-bond donors (Lipinski definition) is 8. The number of carbonyl (C=O) groups excluding carboxylic acids is 3. The number of hydrogen-bond acceptors (Lipinski definition) is 24. The number of barbiturate groups is 1. The van der Waals surface area contributed by atoms with Gasteiger partial charge in [0.1, 0.15) is 32.5 Å². The first kappa shape index (κ1) is 42.0. The van der Waals surface area contributed by atoms with E-state index in [0.29, 0.717) is 12.1 Å². The van der Waals surface area contributed by atoms with Crippen LogP contribution in [-0.4, -0.2) is 75.5 Å². The van der Waals surface area contributed by atoms with Gasteiger partial charge in [0.05, 0.1) is 49.9 Å². The summed E-state index contributed by atoms with van der Waals surface area (Å²) in [5, 5.41) is 79.4. The van der Waals surface area contributed by atoms with Gasteiger partial charge < -0.3 is 10.2 Å². The number of aromatic hydroxyl groups is 2. The molecule has 1 aliphatic heterocycles. The Kier molecular flexibility index (Phi) is 12.5. The number of benzene rings is 4. The molecular formula is C26H17N9O18S4. The standard InChI is InChI=1S/C26H17N9O18S4/c36-22-18-9(6-17(57(48,49)50)20(23(18)37)33-30-12-4-2-11(35(41)42)8-14(12)54-52-44)5-15(55-53-51-43)19(22)32-31-13-3-1-10(7-16(13)56(45,46)47)29-34-21-24(38)27-26(40)28-25(21)39/h1-8,21,36-37,43-44H,(H,45,46,47)(H,48,49,50)(H2,27,28,38,39,40). The second kappa shape index (κ2) is 16.9. The molecule has 0 spiro atoms. The number of phenolic OH excluding ortho intramolecular Hbond substituents is 2. The van der Waals surface area contributed by atoms with Crippen molar-refractivity contribution in [2.75, 3.05) is 0 Å². The zero-order valence-corrected chi connectivity index (χ0v) is 30.3. The van der Waals surface area contributed by atoms with Gasteiger partial charge in [0.2, 0.25) is 6.04 Å². The first-order chi connectivity index (χ1) is 26.8. The molecule has 0 unspecified atom stereocenters. The van der Waals surface area contributed by atoms with Gasteiger partial charge in [-0.15, -0.1) is 24.8 Å². The van der Waals surface area contributed by atoms with Crippen LogP contribution in [0.15, 0.2) is 98.8 Å². The van der Waals surface area contributed by atoms with Crippen molar-refractivity contribution >= 4 is 107 Å². The zero-order chi connectivity index (χ0) is 41.8. The smallest absolute Gasteiger partial charge is 0.328 e. The number of rotatable bonds is 14. The van der Waals surface area contributed by atoms with Crippen LogP contribution in [0.4, 0.5) is 38.9 Å². The maximum atomic E-state index is 12.4. The molecule has 0 saturated carbocycles. The van der Waals surface area contributed by atoms with Crippen molar-refractivity contribution in [1.29, 1.82) is 0 Å². The lowest BCUT2D eigenvalue weighted by molar-refractivity contribution is -0.432. The third-order valence-electron chi connectivity index (χ3n) is 6.96. The number of azo groups is 3. The first-order valence-electron chi connectivity index (χ1n) is 14.3. The average molecular weight is 872 g/mol. The fraction of sp³-hybridized carbons (Fsp3) is 0.0385. The minimum atomic E-state index is -5.28. The molecule has 0 atom stereocenters. The average Bonchev–Trinajstić information content (AvgIpc) is 3.12. The molecule has 1 fully saturated rings. The fourth-order valence-electron chi connectivity index (χ4n) is 4.57. The summed E-state index contributed by atoms with van der Waals surface area (Å²) in [5.41, 5.74) is -3.55. The van der Waals surface area contributed by atoms with Crippen molar-refractivity contribution in [3.63, 3.8) is 0 Å². The molecule has 1 saturated heterocycles. The number of amides is 4. The number of nitrogens with one attached hydrogen (secondary N) is 2. The zero-order valence-electron chi connectivity index (χ0n) is 27.0. The summed E-state index contributed by atoms with van der Waals surface area (Å²) in [5.74, 6) is -4.55. The Labute approximate surface area is 322 Å². The molecule has 5 rings (SSSR count). The number of nitrogens with zero attached hydrogens (tertiary/aromatic N) is 7. The number of urea groups is 1. The van der Waals surface area contributed by atoms with Gasteiger partial charge in [-0.05, 0) is 41.8 Å². The quantitative estimate of drug-likeness (QED) is 0.0153. The summed E-state index contributed by atoms with van der Waals surface area (Å²) in [6, 6.07) is 4.13. The second-order valence-corrected chi connectivity index (χ2v) is 14.7. The monoisotopic (exact) mass is 871 g/mol. The summed E-state index contributed by atoms with van der Waals surface area (Å²) in [4.78, 5) is 42.8. The number of phenols is 2. The van der Waals surface area contributed by atoms with E-state index >= 15 is 0 Å². The number of nitro benzene ring substituents is 1. The highest BCUT2D eigenvalue weighted by Crippen LogP contribution is 2.51. The summed E-state index contributed by atoms with van der Waals surface area (Å²) in [6.45, 7) is 0. The molecule has 8 N–H and O–H groups in total. The first-order valence-corrected chi connectivity index (χ1v) is 18.7. The Balaban J connectivity index is 1.64. The predicted octanol–water partition coefficient (Wildman–Crippen LogP) is 5.23. The van der Waals surface area contributed by atoms with E-state index in [1.807, 2.05) is 0 Å². The van der Waals surface area contributed by atoms with Crippen molar-refractivity contribution in [2.45, 2.75) is 25.6 Å². The van der Waals surface area contributed by atoms with Gasteiger partial charge in [0, 0.05) is 12.1 Å². The molecule has 31 heteroatoms. The van der Waals surface area contributed by atoms with Gasteiger partial charge in [-0.25, -0.2) is 15.3 Å². The highest BCUT2D eigenvalue weighted by molar-refractivity contribution is 7.95. The fourth-order valence-corrected chi connectivity index (χ4v) is 6.81. The maximum absolute atomic E-state index is 12.4. The van der Waals surface area contributed by atoms with E-state index in [1.165, 1.54) is 0 Å². The van der Waals surface area contributed by atoms with Crippen molar-refractivity contribution in [1.82, 2.24) is 10.6 Å². The SMILES string of the molecule is O=C1NC(=O)C(N=Nc2ccc(N=Nc3c(SOOO)cc4cc(S(=O)(=O)O)c(N=Nc5ccc([N+](=O)[O-])cc5SOO)c(O)c4c3O)c(S(=O)(=O)O)c2)C(=O)N1. The van der Waals surface area contributed by atoms with Gasteiger partial charge in [-0.2, -0.15) is 31.4 Å². The van der Waals surface area contributed by atoms with Gasteiger partial charge in [0.25, 0.3) is 37.7 Å². The van der Waals surface area contributed by atoms with Crippen molar-refractivity contribution < 1.29 is 79.7 Å². The van der Waals surface area contributed by atoms with E-state index in [9.17, 15) is 60.7 Å². The van der Waals surface area contributed by atoms with Crippen LogP contribution in [0.1, 0.15) is 0 Å². The summed E-state index contributed by atoms with van der Waals surface area (Å²) >= 11 is 0.271. The van der Waals surface area contributed by atoms with Gasteiger partial charge in [0.15, 0.2) is 11.5 Å². The highest BCUT2D eigenvalue weighted by atomic mass is 32.2. The Morgan fingerprint density at radius 1 is 0.737 bits per heavy atom. The van der Waals surface area contributed by atoms with E-state index in [2.05, 4.69) is 44.4 Å². The predicted molar refractivity (Wildman–Crippen MR) is 185 cm³/mol. The summed E-state index contributed by atoms with van der Waals surface area (Å²) in [7, 11) is -10.5. The van der Waals surface area contributed by atoms with E-state index in [0.717, 1.165) is 36.4 Å². The lowest BCUT2D eigenvalue weighted by atomic mass is 10.1. The van der Waals surface area contributed by atoms with E-state index < -0.39 is 109 Å². The van der Waals surface area contributed by atoms with Crippen LogP contribution in [-0.2, 0) is 43.5 Å². The van der Waals surface area contributed by atoms with Crippen molar-refractivity contribution in [3.8, 4) is 11.5 Å². The number of imide groups is 2. The van der Waals surface area contributed by atoms with Crippen LogP contribution >= 0.6 is 24.1 Å². The molecule has 57 heavy (non-hydrogen) atoms. The lowest BCUT2D eigenvalue weighted by Crippen LogP contribution is -2.57. The van der Waals surface area contributed by atoms with Crippen LogP contribution in [0.25, 0.3) is 10.8 Å². The maximum Gasteiger partial charge on any atom is 0.328 e. The van der Waals surface area contributed by atoms with E-state index in [4.69, 9.17) is 10.5 Å². The topological polar surface area (TPSA) is 410 Å². The van der Waals surface area contributed by atoms with Crippen molar-refractivity contribution in [3.05, 3.63) is 58.6 Å². The third-order valence-corrected chi connectivity index (χ3v) is 9.91. The van der Waals surface area contributed by atoms with Crippen LogP contribution in [0.5, 0.6) is 11.5 Å². The minimum absolute atomic E-state index is 0.0989. The minimum Gasteiger partial charge on any atom is -0.505 e. The van der Waals surface area contributed by atoms with Crippen LogP contribution in [0.2, 0.25) is 0 Å². The normalized spacial score (nSPS) is 14.3. The second-order valence-electron chi connectivity index (χ2n) is 10.5. The van der Waals surface area contributed by atoms with Crippen molar-refractivity contribution in [2.24, 2.45) is 30.7 Å². The molecular weight excluding hydrogens is 855 g/mol. The highest BCUT2D eigenvalue weighted by Gasteiger charge is 2.34. The molecule has 4 amide bonds. The Hall–Kier alpha value is -6.13. The Morgan fingerprint density at radius 3 is 1.96 bits per heavy atom. The molecule has 1 aliphatic rings.